The summed E-state index contributed by atoms with van der Waals surface area (Å²) in [4.78, 5) is 13.0. The van der Waals surface area contributed by atoms with Gasteiger partial charge in [0.25, 0.3) is 0 Å². The van der Waals surface area contributed by atoms with E-state index in [2.05, 4.69) is 29.2 Å². The minimum absolute atomic E-state index is 0.00990. The number of carboxylic acid groups (broad SMARTS) is 1. The van der Waals surface area contributed by atoms with Gasteiger partial charge in [0.15, 0.2) is 0 Å². The predicted octanol–water partition coefficient (Wildman–Crippen LogP) is 3.37. The van der Waals surface area contributed by atoms with E-state index >= 15 is 0 Å². The lowest BCUT2D eigenvalue weighted by Gasteiger charge is -2.37. The number of allylic oxidation sites excluding steroid dienone is 2. The first-order valence-electron chi connectivity index (χ1n) is 11.3. The molecule has 2 aliphatic rings. The van der Waals surface area contributed by atoms with Crippen LogP contribution in [0.5, 0.6) is 0 Å². The number of aliphatic hydroxyl groups is 1. The van der Waals surface area contributed by atoms with Crippen molar-refractivity contribution < 1.29 is 24.5 Å². The van der Waals surface area contributed by atoms with E-state index < -0.39 is 12.1 Å². The highest BCUT2D eigenvalue weighted by atomic mass is 16.5. The summed E-state index contributed by atoms with van der Waals surface area (Å²) < 4.78 is 11.7. The number of aliphatic carboxylic acids is 1. The van der Waals surface area contributed by atoms with E-state index in [1.54, 1.807) is 0 Å². The monoisotopic (exact) mass is 429 g/mol. The SMILES string of the molecule is O=C(O)CCC=CCCC1[C@@H](OCC=Cc2ccccc2)C[C@H](O)[C@@H]1N1CCOCC1. The van der Waals surface area contributed by atoms with Crippen molar-refractivity contribution >= 4 is 12.0 Å². The van der Waals surface area contributed by atoms with Crippen molar-refractivity contribution in [3.63, 3.8) is 0 Å². The number of carboxylic acids is 1. The zero-order valence-corrected chi connectivity index (χ0v) is 18.1. The van der Waals surface area contributed by atoms with Crippen LogP contribution < -0.4 is 0 Å². The average molecular weight is 430 g/mol. The Hall–Kier alpha value is -1.99. The van der Waals surface area contributed by atoms with Crippen molar-refractivity contribution in [2.24, 2.45) is 5.92 Å². The van der Waals surface area contributed by atoms with E-state index in [1.165, 1.54) is 0 Å². The van der Waals surface area contributed by atoms with Crippen molar-refractivity contribution in [1.29, 1.82) is 0 Å². The molecule has 1 aromatic carbocycles. The molecule has 0 radical (unpaired) electrons. The minimum Gasteiger partial charge on any atom is -0.481 e. The van der Waals surface area contributed by atoms with E-state index in [1.807, 2.05) is 30.4 Å². The van der Waals surface area contributed by atoms with Crippen LogP contribution in [0.4, 0.5) is 0 Å². The fourth-order valence-corrected chi connectivity index (χ4v) is 4.65. The standard InChI is InChI=1S/C25H35NO5/c27-22-19-23(31-16-8-11-20-9-4-3-5-10-20)21(12-6-1-2-7-13-24(28)29)25(22)26-14-17-30-18-15-26/h1-5,8-11,21-23,25,27H,6-7,12-19H2,(H,28,29)/t21?,22-,23-,25+/m0/s1. The lowest BCUT2D eigenvalue weighted by atomic mass is 9.93. The van der Waals surface area contributed by atoms with Crippen LogP contribution in [-0.4, -0.2) is 72.2 Å². The number of ether oxygens (including phenoxy) is 2. The topological polar surface area (TPSA) is 79.2 Å². The van der Waals surface area contributed by atoms with E-state index in [0.717, 1.165) is 31.5 Å². The van der Waals surface area contributed by atoms with Crippen LogP contribution in [0.2, 0.25) is 0 Å². The third-order valence-corrected chi connectivity index (χ3v) is 6.13. The molecule has 0 aromatic heterocycles. The number of hydrogen-bond acceptors (Lipinski definition) is 5. The zero-order chi connectivity index (χ0) is 21.9. The summed E-state index contributed by atoms with van der Waals surface area (Å²) in [6.07, 6.45) is 10.9. The molecule has 6 heteroatoms. The van der Waals surface area contributed by atoms with Gasteiger partial charge in [0.2, 0.25) is 0 Å². The number of aliphatic hydroxyl groups excluding tert-OH is 1. The van der Waals surface area contributed by atoms with Crippen LogP contribution in [0, 0.1) is 5.92 Å². The van der Waals surface area contributed by atoms with E-state index in [0.29, 0.717) is 32.7 Å². The molecule has 1 heterocycles. The van der Waals surface area contributed by atoms with Crippen LogP contribution in [0.1, 0.15) is 37.7 Å². The maximum atomic E-state index is 10.9. The molecule has 1 unspecified atom stereocenters. The summed E-state index contributed by atoms with van der Waals surface area (Å²) in [7, 11) is 0. The summed E-state index contributed by atoms with van der Waals surface area (Å²) >= 11 is 0. The largest absolute Gasteiger partial charge is 0.481 e. The van der Waals surface area contributed by atoms with Gasteiger partial charge in [0, 0.05) is 37.9 Å². The lowest BCUT2D eigenvalue weighted by molar-refractivity contribution is -0.136. The van der Waals surface area contributed by atoms with Crippen molar-refractivity contribution in [2.45, 2.75) is 50.4 Å². The van der Waals surface area contributed by atoms with Crippen LogP contribution in [0.3, 0.4) is 0 Å². The minimum atomic E-state index is -0.770. The maximum Gasteiger partial charge on any atom is 0.303 e. The molecule has 31 heavy (non-hydrogen) atoms. The van der Waals surface area contributed by atoms with Crippen LogP contribution in [-0.2, 0) is 14.3 Å². The van der Waals surface area contributed by atoms with Gasteiger partial charge in [-0.05, 0) is 24.8 Å². The van der Waals surface area contributed by atoms with Gasteiger partial charge in [0.05, 0.1) is 32.0 Å². The number of hydrogen-bond donors (Lipinski definition) is 2. The van der Waals surface area contributed by atoms with Gasteiger partial charge in [-0.15, -0.1) is 0 Å². The van der Waals surface area contributed by atoms with Crippen molar-refractivity contribution in [3.05, 3.63) is 54.1 Å². The van der Waals surface area contributed by atoms with Crippen molar-refractivity contribution in [2.75, 3.05) is 32.9 Å². The van der Waals surface area contributed by atoms with Gasteiger partial charge in [-0.1, -0.05) is 54.6 Å². The highest BCUT2D eigenvalue weighted by molar-refractivity contribution is 5.66. The molecular formula is C25H35NO5. The Morgan fingerprint density at radius 1 is 1.13 bits per heavy atom. The van der Waals surface area contributed by atoms with Gasteiger partial charge in [-0.3, -0.25) is 9.69 Å². The number of benzene rings is 1. The maximum absolute atomic E-state index is 10.9. The Bertz CT molecular complexity index is 714. The Kier molecular flexibility index (Phi) is 9.75. The third kappa shape index (κ3) is 7.58. The molecular weight excluding hydrogens is 394 g/mol. The van der Waals surface area contributed by atoms with Gasteiger partial charge in [0.1, 0.15) is 0 Å². The molecule has 4 atom stereocenters. The number of morpholine rings is 1. The number of carbonyl (C=O) groups is 1. The first-order chi connectivity index (χ1) is 15.1. The second-order valence-corrected chi connectivity index (χ2v) is 8.27. The molecule has 1 aliphatic carbocycles. The van der Waals surface area contributed by atoms with Gasteiger partial charge in [-0.2, -0.15) is 0 Å². The third-order valence-electron chi connectivity index (χ3n) is 6.13. The molecule has 1 saturated carbocycles. The molecule has 2 fully saturated rings. The summed E-state index contributed by atoms with van der Waals surface area (Å²) in [6.45, 7) is 3.61. The van der Waals surface area contributed by atoms with Gasteiger partial charge < -0.3 is 19.7 Å². The second-order valence-electron chi connectivity index (χ2n) is 8.27. The lowest BCUT2D eigenvalue weighted by Crippen LogP contribution is -2.50. The van der Waals surface area contributed by atoms with Crippen LogP contribution in [0.25, 0.3) is 6.08 Å². The first kappa shape index (κ1) is 23.7. The van der Waals surface area contributed by atoms with Gasteiger partial charge in [-0.25, -0.2) is 0 Å². The molecule has 3 rings (SSSR count). The Labute approximate surface area is 185 Å². The smallest absolute Gasteiger partial charge is 0.303 e. The number of nitrogens with zero attached hydrogens (tertiary/aromatic N) is 1. The predicted molar refractivity (Wildman–Crippen MR) is 121 cm³/mol. The fraction of sp³-hybridized carbons (Fsp3) is 0.560. The van der Waals surface area contributed by atoms with E-state index in [-0.39, 0.29) is 24.5 Å². The van der Waals surface area contributed by atoms with Crippen LogP contribution >= 0.6 is 0 Å². The fourth-order valence-electron chi connectivity index (χ4n) is 4.65. The quantitative estimate of drug-likeness (QED) is 0.525. The summed E-state index contributed by atoms with van der Waals surface area (Å²) in [5, 5.41) is 19.6. The summed E-state index contributed by atoms with van der Waals surface area (Å²) in [5.41, 5.74) is 1.15. The van der Waals surface area contributed by atoms with Gasteiger partial charge >= 0.3 is 5.97 Å². The molecule has 1 saturated heterocycles. The van der Waals surface area contributed by atoms with Crippen molar-refractivity contribution in [1.82, 2.24) is 4.90 Å². The highest BCUT2D eigenvalue weighted by Crippen LogP contribution is 2.36. The first-order valence-corrected chi connectivity index (χ1v) is 11.3. The molecule has 2 N–H and O–H groups in total. The molecule has 0 amide bonds. The normalized spacial score (nSPS) is 27.4. The van der Waals surface area contributed by atoms with E-state index in [9.17, 15) is 9.90 Å². The van der Waals surface area contributed by atoms with Crippen LogP contribution in [0.15, 0.2) is 48.6 Å². The van der Waals surface area contributed by atoms with E-state index in [4.69, 9.17) is 14.6 Å². The summed E-state index contributed by atoms with van der Waals surface area (Å²) in [5.74, 6) is -0.532. The Morgan fingerprint density at radius 3 is 2.61 bits per heavy atom. The molecule has 170 valence electrons. The molecule has 6 nitrogen and oxygen atoms in total. The highest BCUT2D eigenvalue weighted by Gasteiger charge is 2.45. The Balaban J connectivity index is 1.57. The molecule has 1 aliphatic heterocycles. The second kappa shape index (κ2) is 12.8. The Morgan fingerprint density at radius 2 is 1.87 bits per heavy atom. The zero-order valence-electron chi connectivity index (χ0n) is 18.1. The summed E-state index contributed by atoms with van der Waals surface area (Å²) in [6, 6.07) is 10.2. The van der Waals surface area contributed by atoms with Crippen molar-refractivity contribution in [3.8, 4) is 0 Å². The number of rotatable bonds is 11. The molecule has 0 spiro atoms. The molecule has 0 bridgehead atoms. The molecule has 1 aromatic rings. The average Bonchev–Trinajstić information content (AvgIpc) is 3.09.